The first-order valence-corrected chi connectivity index (χ1v) is 15.4. The molecule has 4 nitrogen and oxygen atoms in total. The Hall–Kier alpha value is 0.840. The molecule has 0 spiro atoms. The summed E-state index contributed by atoms with van der Waals surface area (Å²) in [6.07, 6.45) is -0.0481. The van der Waals surface area contributed by atoms with Crippen LogP contribution in [0.3, 0.4) is 0 Å². The molecule has 0 heterocycles. The number of hydrogen-bond acceptors (Lipinski definition) is 4. The molecule has 33 heavy (non-hydrogen) atoms. The van der Waals surface area contributed by atoms with Gasteiger partial charge in [-0.3, -0.25) is 0 Å². The van der Waals surface area contributed by atoms with Crippen molar-refractivity contribution in [2.45, 2.75) is 31.5 Å². The third-order valence-corrected chi connectivity index (χ3v) is 9.08. The monoisotopic (exact) mass is 840 g/mol. The van der Waals surface area contributed by atoms with Crippen LogP contribution < -0.4 is 9.47 Å². The molecule has 2 unspecified atom stereocenters. The van der Waals surface area contributed by atoms with Crippen LogP contribution in [0.5, 0.6) is 11.5 Å². The van der Waals surface area contributed by atoms with E-state index in [1.807, 2.05) is 0 Å². The molecule has 2 aromatic carbocycles. The molecule has 0 N–H and O–H groups in total. The topological polar surface area (TPSA) is 36.9 Å². The molecule has 184 valence electrons. The maximum atomic E-state index is 6.01. The first-order chi connectivity index (χ1) is 15.6. The minimum atomic E-state index is -0.289. The Labute approximate surface area is 246 Å². The van der Waals surface area contributed by atoms with Gasteiger partial charge in [-0.05, 0) is 99.1 Å². The van der Waals surface area contributed by atoms with E-state index in [0.717, 1.165) is 40.5 Å². The van der Waals surface area contributed by atoms with Gasteiger partial charge in [0.1, 0.15) is 36.9 Å². The minimum absolute atomic E-state index is 0.0240. The van der Waals surface area contributed by atoms with E-state index >= 15 is 0 Å². The lowest BCUT2D eigenvalue weighted by atomic mass is 9.78. The van der Waals surface area contributed by atoms with E-state index in [0.29, 0.717) is 23.9 Å². The molecule has 2 atom stereocenters. The van der Waals surface area contributed by atoms with E-state index in [1.165, 1.54) is 0 Å². The number of hydrogen-bond donors (Lipinski definition) is 0. The van der Waals surface area contributed by atoms with Crippen molar-refractivity contribution in [2.24, 2.45) is 0 Å². The SMILES string of the molecule is COC(CBr)COc1c(Br)cc(C(C)(C)c2cc(Br)c(OCC(CBr)OC)c(Br)c2)cc1Br. The van der Waals surface area contributed by atoms with Crippen molar-refractivity contribution in [2.75, 3.05) is 38.1 Å². The average Bonchev–Trinajstić information content (AvgIpc) is 2.77. The Kier molecular flexibility index (Phi) is 12.7. The van der Waals surface area contributed by atoms with Crippen LogP contribution in [0.2, 0.25) is 0 Å². The van der Waals surface area contributed by atoms with Crippen molar-refractivity contribution < 1.29 is 18.9 Å². The van der Waals surface area contributed by atoms with Gasteiger partial charge < -0.3 is 18.9 Å². The van der Waals surface area contributed by atoms with Gasteiger partial charge in [-0.25, -0.2) is 0 Å². The Morgan fingerprint density at radius 1 is 0.667 bits per heavy atom. The molecule has 0 aliphatic heterocycles. The Bertz CT molecular complexity index is 810. The smallest absolute Gasteiger partial charge is 0.147 e. The summed E-state index contributed by atoms with van der Waals surface area (Å²) in [6, 6.07) is 8.39. The van der Waals surface area contributed by atoms with E-state index in [1.54, 1.807) is 14.2 Å². The number of halogens is 6. The predicted octanol–water partition coefficient (Wildman–Crippen LogP) is 8.64. The number of methoxy groups -OCH3 is 2. The van der Waals surface area contributed by atoms with E-state index in [4.69, 9.17) is 18.9 Å². The maximum absolute atomic E-state index is 6.01. The van der Waals surface area contributed by atoms with Crippen LogP contribution in [0.15, 0.2) is 42.2 Å². The summed E-state index contributed by atoms with van der Waals surface area (Å²) >= 11 is 21.6. The van der Waals surface area contributed by atoms with Crippen LogP contribution in [-0.4, -0.2) is 50.3 Å². The molecule has 10 heteroatoms. The summed E-state index contributed by atoms with van der Waals surface area (Å²) in [4.78, 5) is 0. The zero-order chi connectivity index (χ0) is 24.8. The highest BCUT2D eigenvalue weighted by atomic mass is 79.9. The zero-order valence-electron chi connectivity index (χ0n) is 18.7. The quantitative estimate of drug-likeness (QED) is 0.201. The molecule has 2 aromatic rings. The largest absolute Gasteiger partial charge is 0.488 e. The number of rotatable bonds is 12. The predicted molar refractivity (Wildman–Crippen MR) is 156 cm³/mol. The van der Waals surface area contributed by atoms with Crippen LogP contribution in [0.1, 0.15) is 25.0 Å². The summed E-state index contributed by atoms with van der Waals surface area (Å²) in [7, 11) is 3.35. The van der Waals surface area contributed by atoms with Crippen molar-refractivity contribution >= 4 is 95.6 Å². The highest BCUT2D eigenvalue weighted by Gasteiger charge is 2.27. The molecule has 0 amide bonds. The van der Waals surface area contributed by atoms with Crippen molar-refractivity contribution in [1.29, 1.82) is 0 Å². The van der Waals surface area contributed by atoms with E-state index in [-0.39, 0.29) is 17.6 Å². The summed E-state index contributed by atoms with van der Waals surface area (Å²) in [6.45, 7) is 5.27. The van der Waals surface area contributed by atoms with Crippen molar-refractivity contribution in [1.82, 2.24) is 0 Å². The van der Waals surface area contributed by atoms with E-state index in [2.05, 4.69) is 134 Å². The zero-order valence-corrected chi connectivity index (χ0v) is 28.2. The second-order valence-electron chi connectivity index (χ2n) is 7.81. The number of ether oxygens (including phenoxy) is 4. The molecule has 0 radical (unpaired) electrons. The lowest BCUT2D eigenvalue weighted by molar-refractivity contribution is 0.0752. The molecule has 2 rings (SSSR count). The van der Waals surface area contributed by atoms with Gasteiger partial charge in [0.2, 0.25) is 0 Å². The molecule has 0 saturated heterocycles. The summed E-state index contributed by atoms with van der Waals surface area (Å²) < 4.78 is 26.3. The minimum Gasteiger partial charge on any atom is -0.488 e. The lowest BCUT2D eigenvalue weighted by Crippen LogP contribution is -2.23. The van der Waals surface area contributed by atoms with Crippen LogP contribution in [0.25, 0.3) is 0 Å². The van der Waals surface area contributed by atoms with Gasteiger partial charge in [0.05, 0.1) is 17.9 Å². The van der Waals surface area contributed by atoms with Gasteiger partial charge in [0, 0.05) is 30.3 Å². The maximum Gasteiger partial charge on any atom is 0.147 e. The van der Waals surface area contributed by atoms with Gasteiger partial charge in [0.25, 0.3) is 0 Å². The fourth-order valence-corrected chi connectivity index (χ4v) is 6.72. The molecular formula is C23H26Br6O4. The molecule has 0 aliphatic carbocycles. The third-order valence-electron chi connectivity index (χ3n) is 5.28. The first-order valence-electron chi connectivity index (χ1n) is 10.0. The molecule has 0 fully saturated rings. The Morgan fingerprint density at radius 2 is 0.970 bits per heavy atom. The van der Waals surface area contributed by atoms with Gasteiger partial charge >= 0.3 is 0 Å². The molecule has 0 saturated carbocycles. The van der Waals surface area contributed by atoms with Gasteiger partial charge in [0.15, 0.2) is 0 Å². The molecule has 0 aromatic heterocycles. The Morgan fingerprint density at radius 3 is 1.21 bits per heavy atom. The summed E-state index contributed by atoms with van der Waals surface area (Å²) in [5.41, 5.74) is 1.97. The second kappa shape index (κ2) is 14.0. The standard InChI is InChI=1S/C23H26Br6O4/c1-23(2,13-5-17(26)21(18(27)6-13)32-11-15(9-24)30-3)14-7-19(28)22(20(29)8-14)33-12-16(10-25)31-4/h5-8,15-16H,9-12H2,1-4H3. The summed E-state index contributed by atoms with van der Waals surface area (Å²) in [5.74, 6) is 1.51. The van der Waals surface area contributed by atoms with Crippen LogP contribution in [0, 0.1) is 0 Å². The number of alkyl halides is 2. The van der Waals surface area contributed by atoms with E-state index < -0.39 is 0 Å². The Balaban J connectivity index is 2.31. The molecular weight excluding hydrogens is 820 g/mol. The third kappa shape index (κ3) is 7.91. The van der Waals surface area contributed by atoms with Crippen molar-refractivity contribution in [3.8, 4) is 11.5 Å². The fraction of sp³-hybridized carbons (Fsp3) is 0.478. The highest BCUT2D eigenvalue weighted by Crippen LogP contribution is 2.44. The summed E-state index contributed by atoms with van der Waals surface area (Å²) in [5, 5.41) is 1.41. The molecule has 0 bridgehead atoms. The van der Waals surface area contributed by atoms with Crippen molar-refractivity contribution in [3.05, 3.63) is 53.3 Å². The van der Waals surface area contributed by atoms with Crippen LogP contribution in [-0.2, 0) is 14.9 Å². The molecule has 0 aliphatic rings. The first kappa shape index (κ1) is 30.1. The van der Waals surface area contributed by atoms with Crippen LogP contribution >= 0.6 is 95.6 Å². The van der Waals surface area contributed by atoms with Crippen LogP contribution in [0.4, 0.5) is 0 Å². The van der Waals surface area contributed by atoms with Crippen molar-refractivity contribution in [3.63, 3.8) is 0 Å². The lowest BCUT2D eigenvalue weighted by Gasteiger charge is -2.28. The van der Waals surface area contributed by atoms with Gasteiger partial charge in [-0.2, -0.15) is 0 Å². The average molecular weight is 846 g/mol. The number of benzene rings is 2. The second-order valence-corrected chi connectivity index (χ2v) is 12.5. The normalized spacial score (nSPS) is 13.6. The fourth-order valence-electron chi connectivity index (χ4n) is 2.99. The van der Waals surface area contributed by atoms with Gasteiger partial charge in [-0.1, -0.05) is 45.7 Å². The van der Waals surface area contributed by atoms with Gasteiger partial charge in [-0.15, -0.1) is 0 Å². The highest BCUT2D eigenvalue weighted by molar-refractivity contribution is 9.11. The van der Waals surface area contributed by atoms with E-state index in [9.17, 15) is 0 Å².